The summed E-state index contributed by atoms with van der Waals surface area (Å²) < 4.78 is 0. The smallest absolute Gasteiger partial charge is 0.322 e. The van der Waals surface area contributed by atoms with Gasteiger partial charge in [0.15, 0.2) is 0 Å². The molecule has 4 heteroatoms. The summed E-state index contributed by atoms with van der Waals surface area (Å²) in [6.07, 6.45) is 2.75. The highest BCUT2D eigenvalue weighted by atomic mass is 16.3. The van der Waals surface area contributed by atoms with Crippen LogP contribution in [-0.2, 0) is 6.42 Å². The van der Waals surface area contributed by atoms with Crippen molar-refractivity contribution in [2.75, 3.05) is 18.5 Å². The van der Waals surface area contributed by atoms with E-state index in [9.17, 15) is 9.90 Å². The standard InChI is InChI=1S/C19H20N2O2/c22-12-16-5-3-9-21(16)19(23)20-15-7-8-18-14(11-15)10-13-4-1-2-6-17(13)18/h1-2,4,6-8,11,16,22H,3,5,9-10,12H2,(H,20,23). The Morgan fingerprint density at radius 2 is 2.00 bits per heavy atom. The molecule has 1 aliphatic heterocycles. The first-order valence-corrected chi connectivity index (χ1v) is 8.16. The molecule has 1 unspecified atom stereocenters. The molecular formula is C19H20N2O2. The van der Waals surface area contributed by atoms with E-state index in [1.54, 1.807) is 4.90 Å². The summed E-state index contributed by atoms with van der Waals surface area (Å²) in [4.78, 5) is 14.1. The molecule has 1 atom stereocenters. The van der Waals surface area contributed by atoms with Crippen LogP contribution in [0.5, 0.6) is 0 Å². The molecule has 1 aliphatic carbocycles. The topological polar surface area (TPSA) is 52.6 Å². The SMILES string of the molecule is O=C(Nc1ccc2c(c1)Cc1ccccc1-2)N1CCCC1CO. The predicted molar refractivity (Wildman–Crippen MR) is 90.5 cm³/mol. The van der Waals surface area contributed by atoms with Crippen molar-refractivity contribution in [3.8, 4) is 11.1 Å². The molecular weight excluding hydrogens is 288 g/mol. The maximum absolute atomic E-state index is 12.4. The molecule has 4 nitrogen and oxygen atoms in total. The van der Waals surface area contributed by atoms with Crippen LogP contribution in [0.15, 0.2) is 42.5 Å². The number of carbonyl (C=O) groups is 1. The average Bonchev–Trinajstić information content (AvgIpc) is 3.18. The Bertz CT molecular complexity index is 757. The van der Waals surface area contributed by atoms with E-state index in [-0.39, 0.29) is 18.7 Å². The minimum absolute atomic E-state index is 0.0346. The van der Waals surface area contributed by atoms with Crippen LogP contribution in [0.4, 0.5) is 10.5 Å². The first kappa shape index (κ1) is 14.3. The Labute approximate surface area is 135 Å². The zero-order valence-electron chi connectivity index (χ0n) is 13.0. The molecule has 4 rings (SSSR count). The number of aliphatic hydroxyl groups is 1. The van der Waals surface area contributed by atoms with Gasteiger partial charge in [-0.1, -0.05) is 30.3 Å². The number of fused-ring (bicyclic) bond motifs is 3. The summed E-state index contributed by atoms with van der Waals surface area (Å²) in [6.45, 7) is 0.750. The number of rotatable bonds is 2. The van der Waals surface area contributed by atoms with Crippen molar-refractivity contribution < 1.29 is 9.90 Å². The van der Waals surface area contributed by atoms with Gasteiger partial charge in [-0.3, -0.25) is 0 Å². The molecule has 2 aromatic carbocycles. The van der Waals surface area contributed by atoms with E-state index >= 15 is 0 Å². The lowest BCUT2D eigenvalue weighted by Gasteiger charge is -2.23. The Kier molecular flexibility index (Phi) is 3.54. The molecule has 1 saturated heterocycles. The molecule has 2 aromatic rings. The van der Waals surface area contributed by atoms with E-state index in [4.69, 9.17) is 0 Å². The van der Waals surface area contributed by atoms with Crippen molar-refractivity contribution in [3.63, 3.8) is 0 Å². The van der Waals surface area contributed by atoms with Gasteiger partial charge in [-0.2, -0.15) is 0 Å². The van der Waals surface area contributed by atoms with Gasteiger partial charge >= 0.3 is 6.03 Å². The predicted octanol–water partition coefficient (Wildman–Crippen LogP) is 3.25. The van der Waals surface area contributed by atoms with E-state index in [1.807, 2.05) is 6.07 Å². The van der Waals surface area contributed by atoms with Crippen LogP contribution >= 0.6 is 0 Å². The highest BCUT2D eigenvalue weighted by Crippen LogP contribution is 2.37. The second kappa shape index (κ2) is 5.70. The van der Waals surface area contributed by atoms with Crippen molar-refractivity contribution in [1.29, 1.82) is 0 Å². The lowest BCUT2D eigenvalue weighted by atomic mass is 10.1. The van der Waals surface area contributed by atoms with Crippen molar-refractivity contribution in [1.82, 2.24) is 4.90 Å². The number of hydrogen-bond donors (Lipinski definition) is 2. The molecule has 1 fully saturated rings. The van der Waals surface area contributed by atoms with Crippen molar-refractivity contribution in [2.24, 2.45) is 0 Å². The first-order valence-electron chi connectivity index (χ1n) is 8.16. The van der Waals surface area contributed by atoms with E-state index in [2.05, 4.69) is 41.7 Å². The van der Waals surface area contributed by atoms with Crippen LogP contribution in [0, 0.1) is 0 Å². The number of benzene rings is 2. The molecule has 2 amide bonds. The minimum Gasteiger partial charge on any atom is -0.394 e. The molecule has 0 saturated carbocycles. The number of aliphatic hydroxyl groups excluding tert-OH is 1. The van der Waals surface area contributed by atoms with Crippen LogP contribution < -0.4 is 5.32 Å². The van der Waals surface area contributed by atoms with Gasteiger partial charge in [0.2, 0.25) is 0 Å². The van der Waals surface area contributed by atoms with E-state index in [0.29, 0.717) is 6.54 Å². The van der Waals surface area contributed by atoms with Gasteiger partial charge in [0, 0.05) is 12.2 Å². The van der Waals surface area contributed by atoms with Gasteiger partial charge in [0.1, 0.15) is 0 Å². The van der Waals surface area contributed by atoms with Crippen molar-refractivity contribution >= 4 is 11.7 Å². The van der Waals surface area contributed by atoms with Gasteiger partial charge in [0.05, 0.1) is 12.6 Å². The van der Waals surface area contributed by atoms with Crippen LogP contribution in [0.1, 0.15) is 24.0 Å². The third kappa shape index (κ3) is 2.49. The molecule has 23 heavy (non-hydrogen) atoms. The summed E-state index contributed by atoms with van der Waals surface area (Å²) in [6, 6.07) is 14.4. The maximum Gasteiger partial charge on any atom is 0.322 e. The fourth-order valence-electron chi connectivity index (χ4n) is 3.71. The molecule has 0 bridgehead atoms. The Morgan fingerprint density at radius 1 is 1.17 bits per heavy atom. The lowest BCUT2D eigenvalue weighted by Crippen LogP contribution is -2.40. The maximum atomic E-state index is 12.4. The number of likely N-dealkylation sites (tertiary alicyclic amines) is 1. The fourth-order valence-corrected chi connectivity index (χ4v) is 3.71. The molecule has 1 heterocycles. The summed E-state index contributed by atoms with van der Waals surface area (Å²) >= 11 is 0. The number of hydrogen-bond acceptors (Lipinski definition) is 2. The molecule has 118 valence electrons. The van der Waals surface area contributed by atoms with Gasteiger partial charge < -0.3 is 15.3 Å². The van der Waals surface area contributed by atoms with E-state index in [0.717, 1.165) is 24.9 Å². The zero-order chi connectivity index (χ0) is 15.8. The van der Waals surface area contributed by atoms with Gasteiger partial charge in [0.25, 0.3) is 0 Å². The third-order valence-corrected chi connectivity index (χ3v) is 4.89. The third-order valence-electron chi connectivity index (χ3n) is 4.89. The molecule has 0 aromatic heterocycles. The second-order valence-corrected chi connectivity index (χ2v) is 6.31. The lowest BCUT2D eigenvalue weighted by molar-refractivity contribution is 0.166. The largest absolute Gasteiger partial charge is 0.394 e. The van der Waals surface area contributed by atoms with Gasteiger partial charge in [-0.05, 0) is 53.6 Å². The molecule has 2 N–H and O–H groups in total. The fraction of sp³-hybridized carbons (Fsp3) is 0.316. The Morgan fingerprint density at radius 3 is 2.87 bits per heavy atom. The van der Waals surface area contributed by atoms with Crippen molar-refractivity contribution in [3.05, 3.63) is 53.6 Å². The normalized spacial score (nSPS) is 18.7. The van der Waals surface area contributed by atoms with Crippen LogP contribution in [0.25, 0.3) is 11.1 Å². The molecule has 2 aliphatic rings. The van der Waals surface area contributed by atoms with Gasteiger partial charge in [-0.15, -0.1) is 0 Å². The highest BCUT2D eigenvalue weighted by Gasteiger charge is 2.28. The summed E-state index contributed by atoms with van der Waals surface area (Å²) in [7, 11) is 0. The molecule has 0 radical (unpaired) electrons. The quantitative estimate of drug-likeness (QED) is 0.763. The Balaban J connectivity index is 1.54. The summed E-state index contributed by atoms with van der Waals surface area (Å²) in [5, 5.41) is 12.3. The monoisotopic (exact) mass is 308 g/mol. The summed E-state index contributed by atoms with van der Waals surface area (Å²) in [5.41, 5.74) is 5.97. The number of urea groups is 1. The Hall–Kier alpha value is -2.33. The van der Waals surface area contributed by atoms with Crippen LogP contribution in [0.3, 0.4) is 0 Å². The summed E-state index contributed by atoms with van der Waals surface area (Å²) in [5.74, 6) is 0. The zero-order valence-corrected chi connectivity index (χ0v) is 13.0. The van der Waals surface area contributed by atoms with E-state index in [1.165, 1.54) is 22.3 Å². The minimum atomic E-state index is -0.114. The number of carbonyl (C=O) groups excluding carboxylic acids is 1. The first-order chi connectivity index (χ1) is 11.3. The average molecular weight is 308 g/mol. The van der Waals surface area contributed by atoms with Crippen LogP contribution in [0.2, 0.25) is 0 Å². The number of nitrogens with zero attached hydrogens (tertiary/aromatic N) is 1. The number of amides is 2. The number of anilines is 1. The number of nitrogens with one attached hydrogen (secondary N) is 1. The highest BCUT2D eigenvalue weighted by molar-refractivity contribution is 5.91. The van der Waals surface area contributed by atoms with Crippen molar-refractivity contribution in [2.45, 2.75) is 25.3 Å². The second-order valence-electron chi connectivity index (χ2n) is 6.31. The molecule has 0 spiro atoms. The van der Waals surface area contributed by atoms with Crippen LogP contribution in [-0.4, -0.2) is 35.2 Å². The van der Waals surface area contributed by atoms with E-state index < -0.39 is 0 Å². The van der Waals surface area contributed by atoms with Gasteiger partial charge in [-0.25, -0.2) is 4.79 Å².